The number of aryl methyl sites for hydroxylation is 2. The Kier molecular flexibility index (Phi) is 22.8. The number of rotatable bonds is 19. The number of hydrogen-bond acceptors (Lipinski definition) is 20. The number of alkyl halides is 6. The lowest BCUT2D eigenvalue weighted by atomic mass is 10.00. The first-order valence-electron chi connectivity index (χ1n) is 20.6. The fourth-order valence-electron chi connectivity index (χ4n) is 6.88. The number of aliphatic hydroxyl groups excluding tert-OH is 10. The third-order valence-electron chi connectivity index (χ3n) is 10.5. The van der Waals surface area contributed by atoms with Gasteiger partial charge in [0.1, 0.15) is 49.1 Å². The minimum atomic E-state index is -5.19. The number of carboxylic acid groups (broad SMARTS) is 2. The van der Waals surface area contributed by atoms with Gasteiger partial charge in [-0.3, -0.25) is 14.5 Å². The van der Waals surface area contributed by atoms with Gasteiger partial charge < -0.3 is 87.8 Å². The highest BCUT2D eigenvalue weighted by Crippen LogP contribution is 2.24. The van der Waals surface area contributed by atoms with E-state index >= 15 is 0 Å². The number of fused-ring (bicyclic) bond motifs is 1. The molecular weight excluding hydrogens is 988 g/mol. The molecule has 0 bridgehead atoms. The number of nitrogens with one attached hydrogen (secondary N) is 1. The first-order chi connectivity index (χ1) is 32.4. The minimum Gasteiger partial charge on any atom is -0.542 e. The van der Waals surface area contributed by atoms with Crippen molar-refractivity contribution in [2.24, 2.45) is 0 Å². The van der Waals surface area contributed by atoms with E-state index < -0.39 is 111 Å². The van der Waals surface area contributed by atoms with Crippen molar-refractivity contribution < 1.29 is 111 Å². The highest BCUT2D eigenvalue weighted by atomic mass is 35.5. The van der Waals surface area contributed by atoms with Gasteiger partial charge in [0.15, 0.2) is 33.5 Å². The third kappa shape index (κ3) is 16.1. The molecule has 25 nitrogen and oxygen atoms in total. The third-order valence-corrected chi connectivity index (χ3v) is 10.8. The quantitative estimate of drug-likeness (QED) is 0.0394. The number of carbonyl (C=O) groups is 4. The van der Waals surface area contributed by atoms with E-state index in [1.54, 1.807) is 18.2 Å². The molecule has 2 aromatic heterocycles. The molecule has 1 aliphatic rings. The average Bonchev–Trinajstić information content (AvgIpc) is 3.92. The van der Waals surface area contributed by atoms with Gasteiger partial charge in [0, 0.05) is 43.9 Å². The molecule has 3 aromatic rings. The van der Waals surface area contributed by atoms with E-state index in [1.165, 1.54) is 9.80 Å². The molecule has 3 heterocycles. The van der Waals surface area contributed by atoms with E-state index in [2.05, 4.69) is 15.3 Å². The summed E-state index contributed by atoms with van der Waals surface area (Å²) < 4.78 is 67.2. The monoisotopic (exact) mass is 1040 g/mol. The number of anilines is 2. The molecular formula is C38H54ClF6N9O16. The lowest BCUT2D eigenvalue weighted by Gasteiger charge is -2.36. The number of carboxylic acids is 2. The molecule has 0 saturated carbocycles. The van der Waals surface area contributed by atoms with E-state index in [1.807, 2.05) is 23.0 Å². The fourth-order valence-corrected chi connectivity index (χ4v) is 7.00. The van der Waals surface area contributed by atoms with Crippen LogP contribution in [0.3, 0.4) is 0 Å². The number of aliphatic carboxylic acids is 2. The standard InChI is InChI=1S/C34H52ClN9O12.2C2HF3O2/c1-3-43-18-6-5-16(9-19(18)44(4-2)24(43)10-38-33(55)25-31(36)40-32(37)30(35)39-25)34(56)41-8-7-17(11-41)42(12-20(47)26(51)28(53)22(49)14-45)13-21(48)27(52)29(54)23(50)15-46;2*3-2(4,5)1(6)7/h5-6,9,17,20-23,26-29,45-54H,3-4,7-8,10-15H2,1-2H3,(H4-,36,37,38,40,55);2*(H,6,7)/t17-,20?,21?,22?,23?,26?,27?,28?,29?;;/m1../s1. The van der Waals surface area contributed by atoms with Crippen molar-refractivity contribution in [1.29, 1.82) is 0 Å². The van der Waals surface area contributed by atoms with Gasteiger partial charge in [0.25, 0.3) is 17.6 Å². The number of aliphatic hydroxyl groups is 10. The summed E-state index contributed by atoms with van der Waals surface area (Å²) in [5.41, 5.74) is 13.1. The van der Waals surface area contributed by atoms with Crippen molar-refractivity contribution in [3.05, 3.63) is 40.4 Å². The van der Waals surface area contributed by atoms with Gasteiger partial charge >= 0.3 is 18.3 Å². The maximum absolute atomic E-state index is 14.0. The van der Waals surface area contributed by atoms with Crippen LogP contribution in [-0.4, -0.2) is 211 Å². The van der Waals surface area contributed by atoms with Crippen LogP contribution in [0, 0.1) is 0 Å². The summed E-state index contributed by atoms with van der Waals surface area (Å²) in [6.45, 7) is 2.44. The molecule has 8 unspecified atom stereocenters. The lowest BCUT2D eigenvalue weighted by Crippen LogP contribution is -2.55. The van der Waals surface area contributed by atoms with Gasteiger partial charge in [-0.05, 0) is 32.4 Å². The van der Waals surface area contributed by atoms with E-state index in [4.69, 9.17) is 42.9 Å². The molecule has 0 radical (unpaired) electrons. The zero-order chi connectivity index (χ0) is 53.7. The summed E-state index contributed by atoms with van der Waals surface area (Å²) in [5.74, 6) is -6.32. The van der Waals surface area contributed by atoms with E-state index in [0.717, 1.165) is 5.52 Å². The first-order valence-corrected chi connectivity index (χ1v) is 20.9. The highest BCUT2D eigenvalue weighted by Gasteiger charge is 2.40. The number of likely N-dealkylation sites (tertiary alicyclic amines) is 1. The van der Waals surface area contributed by atoms with E-state index in [-0.39, 0.29) is 48.0 Å². The molecule has 1 fully saturated rings. The number of nitrogens with zero attached hydrogens (tertiary/aromatic N) is 6. The van der Waals surface area contributed by atoms with Crippen LogP contribution in [0.2, 0.25) is 5.15 Å². The van der Waals surface area contributed by atoms with Crippen LogP contribution in [0.5, 0.6) is 0 Å². The molecule has 16 N–H and O–H groups in total. The SMILES string of the molecule is CCn1c(CNC(=O)c2nc(Cl)c(N)nc2N)[n+](CC)c2ccc(C(=O)N3CC[C@@H](N(CC(O)C(O)C(O)C(O)CO)CC(O)C(O)C(O)C(O)CO)C3)cc21.O=C(O)C(F)(F)F.O=C([O-])C(F)(F)F. The Bertz CT molecular complexity index is 2190. The fraction of sp³-hybridized carbons (Fsp3) is 0.605. The predicted molar refractivity (Wildman–Crippen MR) is 223 cm³/mol. The van der Waals surface area contributed by atoms with E-state index in [9.17, 15) is 87.0 Å². The number of nitrogen functional groups attached to an aromatic ring is 2. The normalized spacial score (nSPS) is 17.5. The van der Waals surface area contributed by atoms with Crippen LogP contribution in [-0.2, 0) is 29.2 Å². The summed E-state index contributed by atoms with van der Waals surface area (Å²) in [7, 11) is 0. The van der Waals surface area contributed by atoms with Crippen LogP contribution in [0.4, 0.5) is 38.0 Å². The molecule has 0 aliphatic carbocycles. The topological polar surface area (TPSA) is 419 Å². The molecule has 32 heteroatoms. The van der Waals surface area contributed by atoms with Crippen molar-refractivity contribution in [2.75, 3.05) is 50.9 Å². The molecule has 1 saturated heterocycles. The molecule has 1 aromatic carbocycles. The zero-order valence-electron chi connectivity index (χ0n) is 36.9. The maximum Gasteiger partial charge on any atom is 0.490 e. The van der Waals surface area contributed by atoms with Crippen LogP contribution >= 0.6 is 11.6 Å². The van der Waals surface area contributed by atoms with Gasteiger partial charge in [-0.15, -0.1) is 0 Å². The number of hydrogen-bond donors (Lipinski definition) is 14. The largest absolute Gasteiger partial charge is 0.542 e. The first kappa shape index (κ1) is 60.8. The van der Waals surface area contributed by atoms with Crippen LogP contribution in [0.15, 0.2) is 18.2 Å². The Balaban J connectivity index is 0.00000104. The molecule has 1 aliphatic heterocycles. The second kappa shape index (κ2) is 26.2. The second-order valence-electron chi connectivity index (χ2n) is 15.3. The minimum absolute atomic E-state index is 0.0499. The van der Waals surface area contributed by atoms with Gasteiger partial charge in [0.2, 0.25) is 0 Å². The number of carbonyl (C=O) groups excluding carboxylic acids is 3. The van der Waals surface area contributed by atoms with Crippen LogP contribution in [0.1, 0.15) is 46.9 Å². The van der Waals surface area contributed by atoms with E-state index in [0.29, 0.717) is 36.4 Å². The maximum atomic E-state index is 14.0. The zero-order valence-corrected chi connectivity index (χ0v) is 37.7. The van der Waals surface area contributed by atoms with Gasteiger partial charge in [-0.2, -0.15) is 26.3 Å². The second-order valence-corrected chi connectivity index (χ2v) is 15.6. The summed E-state index contributed by atoms with van der Waals surface area (Å²) in [6, 6.07) is 4.59. The number of amides is 2. The van der Waals surface area contributed by atoms with Crippen molar-refractivity contribution in [2.45, 2.75) is 107 Å². The Hall–Kier alpha value is -5.32. The van der Waals surface area contributed by atoms with Crippen LogP contribution in [0.25, 0.3) is 11.0 Å². The highest BCUT2D eigenvalue weighted by molar-refractivity contribution is 6.31. The molecule has 9 atom stereocenters. The number of aromatic nitrogens is 4. The Morgan fingerprint density at radius 1 is 0.857 bits per heavy atom. The Morgan fingerprint density at radius 2 is 1.34 bits per heavy atom. The van der Waals surface area contributed by atoms with Crippen molar-refractivity contribution in [1.82, 2.24) is 29.7 Å². The summed E-state index contributed by atoms with van der Waals surface area (Å²) >= 11 is 5.96. The predicted octanol–water partition coefficient (Wildman–Crippen LogP) is -5.17. The average molecular weight is 1040 g/mol. The van der Waals surface area contributed by atoms with Gasteiger partial charge in [-0.1, -0.05) is 11.6 Å². The van der Waals surface area contributed by atoms with Gasteiger partial charge in [0.05, 0.1) is 38.5 Å². The Labute approximate surface area is 397 Å². The van der Waals surface area contributed by atoms with Crippen molar-refractivity contribution in [3.8, 4) is 0 Å². The van der Waals surface area contributed by atoms with Crippen molar-refractivity contribution in [3.63, 3.8) is 0 Å². The molecule has 4 rings (SSSR count). The number of imidazole rings is 1. The Morgan fingerprint density at radius 3 is 1.77 bits per heavy atom. The molecule has 70 heavy (non-hydrogen) atoms. The molecule has 396 valence electrons. The summed E-state index contributed by atoms with van der Waals surface area (Å²) in [5, 5.41) is 119. The number of nitrogens with two attached hydrogens (primary N) is 2. The summed E-state index contributed by atoms with van der Waals surface area (Å²) in [6.07, 6.45) is -24.8. The number of benzene rings is 1. The summed E-state index contributed by atoms with van der Waals surface area (Å²) in [4.78, 5) is 55.5. The smallest absolute Gasteiger partial charge is 0.490 e. The molecule has 0 spiro atoms. The lowest BCUT2D eigenvalue weighted by molar-refractivity contribution is -0.676. The van der Waals surface area contributed by atoms with Crippen molar-refractivity contribution >= 4 is 58.0 Å². The van der Waals surface area contributed by atoms with Gasteiger partial charge in [-0.25, -0.2) is 23.9 Å². The van der Waals surface area contributed by atoms with Crippen LogP contribution < -0.4 is 26.5 Å². The molecule has 2 amide bonds. The number of halogens is 7.